The highest BCUT2D eigenvalue weighted by Crippen LogP contribution is 2.22. The van der Waals surface area contributed by atoms with Crippen LogP contribution in [0.5, 0.6) is 5.75 Å². The molecule has 0 amide bonds. The molecule has 22 heavy (non-hydrogen) atoms. The Hall–Kier alpha value is -2.07. The van der Waals surface area contributed by atoms with Crippen LogP contribution in [-0.4, -0.2) is 36.6 Å². The number of anilines is 1. The van der Waals surface area contributed by atoms with Crippen molar-refractivity contribution in [3.8, 4) is 5.75 Å². The van der Waals surface area contributed by atoms with E-state index in [9.17, 15) is 0 Å². The fraction of sp³-hybridized carbons (Fsp3) is 0.389. The Morgan fingerprint density at radius 3 is 2.36 bits per heavy atom. The minimum Gasteiger partial charge on any atom is -0.492 e. The zero-order valence-electron chi connectivity index (χ0n) is 13.5. The van der Waals surface area contributed by atoms with Crippen LogP contribution < -0.4 is 10.5 Å². The lowest BCUT2D eigenvalue weighted by atomic mass is 10.1. The van der Waals surface area contributed by atoms with Gasteiger partial charge < -0.3 is 15.4 Å². The highest BCUT2D eigenvalue weighted by Gasteiger charge is 2.04. The van der Waals surface area contributed by atoms with E-state index in [0.29, 0.717) is 6.61 Å². The summed E-state index contributed by atoms with van der Waals surface area (Å²) in [6.45, 7) is 4.65. The van der Waals surface area contributed by atoms with Crippen LogP contribution in [0.15, 0.2) is 42.7 Å². The number of ether oxygens (including phenoxy) is 1. The maximum atomic E-state index is 6.00. The van der Waals surface area contributed by atoms with E-state index in [1.165, 1.54) is 11.1 Å². The molecule has 1 aromatic carbocycles. The van der Waals surface area contributed by atoms with Crippen LogP contribution in [-0.2, 0) is 12.8 Å². The Bertz CT molecular complexity index is 572. The minimum absolute atomic E-state index is 0.640. The standard InChI is InChI=1S/C18H25N3O/c1-3-22-18-5-4-16(14-17(18)19)9-13-21(2)12-8-15-6-10-20-11-7-15/h4-7,10-11,14H,3,8-9,12-13,19H2,1-2H3. The SMILES string of the molecule is CCOc1ccc(CCN(C)CCc2ccncc2)cc1N. The summed E-state index contributed by atoms with van der Waals surface area (Å²) in [7, 11) is 2.15. The fourth-order valence-corrected chi connectivity index (χ4v) is 2.34. The molecule has 0 aliphatic heterocycles. The Morgan fingerprint density at radius 2 is 1.73 bits per heavy atom. The second-order valence-corrected chi connectivity index (χ2v) is 5.46. The topological polar surface area (TPSA) is 51.4 Å². The van der Waals surface area contributed by atoms with Crippen molar-refractivity contribution < 1.29 is 4.74 Å². The molecule has 0 bridgehead atoms. The van der Waals surface area contributed by atoms with Crippen LogP contribution in [0.3, 0.4) is 0 Å². The van der Waals surface area contributed by atoms with E-state index in [4.69, 9.17) is 10.5 Å². The molecule has 0 unspecified atom stereocenters. The third-order valence-corrected chi connectivity index (χ3v) is 3.69. The van der Waals surface area contributed by atoms with E-state index >= 15 is 0 Å². The number of aromatic nitrogens is 1. The van der Waals surface area contributed by atoms with Crippen molar-refractivity contribution in [3.05, 3.63) is 53.9 Å². The van der Waals surface area contributed by atoms with E-state index in [0.717, 1.165) is 37.4 Å². The first kappa shape index (κ1) is 16.3. The Kier molecular flexibility index (Phi) is 6.22. The summed E-state index contributed by atoms with van der Waals surface area (Å²) in [5, 5.41) is 0. The largest absolute Gasteiger partial charge is 0.492 e. The highest BCUT2D eigenvalue weighted by molar-refractivity contribution is 5.54. The number of nitrogen functional groups attached to an aromatic ring is 1. The summed E-state index contributed by atoms with van der Waals surface area (Å²) in [4.78, 5) is 6.38. The first-order valence-corrected chi connectivity index (χ1v) is 7.77. The molecule has 4 nitrogen and oxygen atoms in total. The first-order chi connectivity index (χ1) is 10.7. The van der Waals surface area contributed by atoms with Crippen LogP contribution in [0.2, 0.25) is 0 Å². The molecule has 2 rings (SSSR count). The molecule has 0 atom stereocenters. The van der Waals surface area contributed by atoms with Crippen molar-refractivity contribution in [2.75, 3.05) is 32.5 Å². The monoisotopic (exact) mass is 299 g/mol. The fourth-order valence-electron chi connectivity index (χ4n) is 2.34. The third kappa shape index (κ3) is 5.04. The quantitative estimate of drug-likeness (QED) is 0.762. The zero-order chi connectivity index (χ0) is 15.8. The predicted octanol–water partition coefficient (Wildman–Crippen LogP) is 2.78. The van der Waals surface area contributed by atoms with Gasteiger partial charge in [0.25, 0.3) is 0 Å². The van der Waals surface area contributed by atoms with Gasteiger partial charge in [0, 0.05) is 25.5 Å². The van der Waals surface area contributed by atoms with Crippen molar-refractivity contribution in [2.24, 2.45) is 0 Å². The van der Waals surface area contributed by atoms with E-state index in [1.54, 1.807) is 0 Å². The van der Waals surface area contributed by atoms with Gasteiger partial charge in [-0.15, -0.1) is 0 Å². The van der Waals surface area contributed by atoms with Gasteiger partial charge >= 0.3 is 0 Å². The Labute approximate surface area is 132 Å². The van der Waals surface area contributed by atoms with Gasteiger partial charge in [0.1, 0.15) is 5.75 Å². The van der Waals surface area contributed by atoms with Gasteiger partial charge in [-0.25, -0.2) is 0 Å². The number of rotatable bonds is 8. The normalized spacial score (nSPS) is 10.9. The molecular weight excluding hydrogens is 274 g/mol. The van der Waals surface area contributed by atoms with Crippen LogP contribution >= 0.6 is 0 Å². The van der Waals surface area contributed by atoms with Crippen molar-refractivity contribution in [3.63, 3.8) is 0 Å². The Balaban J connectivity index is 1.78. The minimum atomic E-state index is 0.640. The number of pyridine rings is 1. The average Bonchev–Trinajstić information content (AvgIpc) is 2.54. The molecular formula is C18H25N3O. The van der Waals surface area contributed by atoms with Gasteiger partial charge in [-0.2, -0.15) is 0 Å². The molecule has 1 heterocycles. The molecule has 0 aliphatic carbocycles. The maximum absolute atomic E-state index is 6.00. The van der Waals surface area contributed by atoms with Gasteiger partial charge in [0.2, 0.25) is 0 Å². The summed E-state index contributed by atoms with van der Waals surface area (Å²) in [6.07, 6.45) is 5.73. The Morgan fingerprint density at radius 1 is 1.05 bits per heavy atom. The van der Waals surface area contributed by atoms with Gasteiger partial charge in [-0.3, -0.25) is 4.98 Å². The number of likely N-dealkylation sites (N-methyl/N-ethyl adjacent to an activating group) is 1. The van der Waals surface area contributed by atoms with E-state index in [1.807, 2.05) is 31.5 Å². The van der Waals surface area contributed by atoms with E-state index in [2.05, 4.69) is 35.1 Å². The predicted molar refractivity (Wildman–Crippen MR) is 91.2 cm³/mol. The number of nitrogens with zero attached hydrogens (tertiary/aromatic N) is 2. The number of benzene rings is 1. The summed E-state index contributed by atoms with van der Waals surface area (Å²) in [5.41, 5.74) is 9.30. The van der Waals surface area contributed by atoms with Gasteiger partial charge in [0.05, 0.1) is 12.3 Å². The number of hydrogen-bond donors (Lipinski definition) is 1. The van der Waals surface area contributed by atoms with Crippen LogP contribution in [0.4, 0.5) is 5.69 Å². The number of nitrogens with two attached hydrogens (primary N) is 1. The summed E-state index contributed by atoms with van der Waals surface area (Å²) < 4.78 is 5.46. The summed E-state index contributed by atoms with van der Waals surface area (Å²) in [6, 6.07) is 10.2. The lowest BCUT2D eigenvalue weighted by Crippen LogP contribution is -2.23. The maximum Gasteiger partial charge on any atom is 0.142 e. The van der Waals surface area contributed by atoms with Crippen molar-refractivity contribution in [1.29, 1.82) is 0 Å². The van der Waals surface area contributed by atoms with Crippen LogP contribution in [0, 0.1) is 0 Å². The highest BCUT2D eigenvalue weighted by atomic mass is 16.5. The molecule has 2 N–H and O–H groups in total. The smallest absolute Gasteiger partial charge is 0.142 e. The molecule has 0 spiro atoms. The molecule has 0 aliphatic rings. The van der Waals surface area contributed by atoms with Crippen molar-refractivity contribution in [2.45, 2.75) is 19.8 Å². The molecule has 0 saturated heterocycles. The van der Waals surface area contributed by atoms with E-state index in [-0.39, 0.29) is 0 Å². The lowest BCUT2D eigenvalue weighted by molar-refractivity contribution is 0.339. The van der Waals surface area contributed by atoms with Crippen molar-refractivity contribution >= 4 is 5.69 Å². The zero-order valence-corrected chi connectivity index (χ0v) is 13.5. The first-order valence-electron chi connectivity index (χ1n) is 7.77. The van der Waals surface area contributed by atoms with Crippen molar-refractivity contribution in [1.82, 2.24) is 9.88 Å². The second kappa shape index (κ2) is 8.39. The second-order valence-electron chi connectivity index (χ2n) is 5.46. The van der Waals surface area contributed by atoms with Crippen LogP contribution in [0.1, 0.15) is 18.1 Å². The van der Waals surface area contributed by atoms with Crippen LogP contribution in [0.25, 0.3) is 0 Å². The van der Waals surface area contributed by atoms with Gasteiger partial charge in [0.15, 0.2) is 0 Å². The molecule has 1 aromatic heterocycles. The number of hydrogen-bond acceptors (Lipinski definition) is 4. The molecule has 118 valence electrons. The third-order valence-electron chi connectivity index (χ3n) is 3.69. The molecule has 0 radical (unpaired) electrons. The molecule has 0 saturated carbocycles. The average molecular weight is 299 g/mol. The van der Waals surface area contributed by atoms with Gasteiger partial charge in [-0.05, 0) is 62.2 Å². The molecule has 2 aromatic rings. The summed E-state index contributed by atoms with van der Waals surface area (Å²) >= 11 is 0. The lowest BCUT2D eigenvalue weighted by Gasteiger charge is -2.17. The van der Waals surface area contributed by atoms with E-state index < -0.39 is 0 Å². The van der Waals surface area contributed by atoms with Gasteiger partial charge in [-0.1, -0.05) is 6.07 Å². The molecule has 4 heteroatoms. The molecule has 0 fully saturated rings. The summed E-state index contributed by atoms with van der Waals surface area (Å²) in [5.74, 6) is 0.775.